The number of hydrogen-bond donors (Lipinski definition) is 2. The SMILES string of the molecule is CCCNC1(CO)CCCC1CCOCC(F)(F)F. The Balaban J connectivity index is 2.38. The van der Waals surface area contributed by atoms with Gasteiger partial charge in [-0.1, -0.05) is 13.3 Å². The molecule has 2 unspecified atom stereocenters. The van der Waals surface area contributed by atoms with Crippen LogP contribution in [0.4, 0.5) is 13.2 Å². The van der Waals surface area contributed by atoms with E-state index in [9.17, 15) is 18.3 Å². The van der Waals surface area contributed by atoms with Crippen molar-refractivity contribution < 1.29 is 23.0 Å². The van der Waals surface area contributed by atoms with E-state index in [1.807, 2.05) is 0 Å². The van der Waals surface area contributed by atoms with Gasteiger partial charge in [0, 0.05) is 12.1 Å². The third-order valence-electron chi connectivity index (χ3n) is 3.84. The van der Waals surface area contributed by atoms with Crippen LogP contribution in [-0.4, -0.2) is 43.2 Å². The van der Waals surface area contributed by atoms with Gasteiger partial charge in [0.2, 0.25) is 0 Å². The van der Waals surface area contributed by atoms with Crippen molar-refractivity contribution in [2.75, 3.05) is 26.4 Å². The number of aliphatic hydroxyl groups excluding tert-OH is 1. The van der Waals surface area contributed by atoms with E-state index in [0.717, 1.165) is 32.2 Å². The van der Waals surface area contributed by atoms with E-state index in [1.54, 1.807) is 0 Å². The fraction of sp³-hybridized carbons (Fsp3) is 1.00. The van der Waals surface area contributed by atoms with E-state index in [0.29, 0.717) is 6.42 Å². The van der Waals surface area contributed by atoms with Crippen LogP contribution < -0.4 is 5.32 Å². The molecule has 2 atom stereocenters. The first-order valence-corrected chi connectivity index (χ1v) is 6.94. The molecule has 3 nitrogen and oxygen atoms in total. The zero-order valence-electron chi connectivity index (χ0n) is 11.4. The average molecular weight is 283 g/mol. The molecule has 0 spiro atoms. The Kier molecular flexibility index (Phi) is 6.56. The van der Waals surface area contributed by atoms with E-state index in [2.05, 4.69) is 17.0 Å². The van der Waals surface area contributed by atoms with Crippen LogP contribution in [0.1, 0.15) is 39.0 Å². The van der Waals surface area contributed by atoms with Gasteiger partial charge in [-0.2, -0.15) is 13.2 Å². The number of hydrogen-bond acceptors (Lipinski definition) is 3. The number of aliphatic hydroxyl groups is 1. The Labute approximate surface area is 112 Å². The smallest absolute Gasteiger partial charge is 0.394 e. The molecular weight excluding hydrogens is 259 g/mol. The van der Waals surface area contributed by atoms with Gasteiger partial charge in [-0.15, -0.1) is 0 Å². The summed E-state index contributed by atoms with van der Waals surface area (Å²) in [6.07, 6.45) is 0.0951. The Hall–Kier alpha value is -0.330. The lowest BCUT2D eigenvalue weighted by atomic mass is 9.85. The Morgan fingerprint density at radius 2 is 2.16 bits per heavy atom. The lowest BCUT2D eigenvalue weighted by molar-refractivity contribution is -0.174. The molecule has 0 saturated heterocycles. The zero-order valence-corrected chi connectivity index (χ0v) is 11.4. The average Bonchev–Trinajstić information content (AvgIpc) is 2.74. The monoisotopic (exact) mass is 283 g/mol. The van der Waals surface area contributed by atoms with Gasteiger partial charge in [0.25, 0.3) is 0 Å². The van der Waals surface area contributed by atoms with E-state index in [4.69, 9.17) is 0 Å². The van der Waals surface area contributed by atoms with Crippen molar-refractivity contribution in [3.63, 3.8) is 0 Å². The summed E-state index contributed by atoms with van der Waals surface area (Å²) in [7, 11) is 0. The van der Waals surface area contributed by atoms with Gasteiger partial charge in [0.1, 0.15) is 6.61 Å². The van der Waals surface area contributed by atoms with Crippen LogP contribution in [0.25, 0.3) is 0 Å². The molecule has 0 aromatic heterocycles. The Morgan fingerprint density at radius 3 is 2.74 bits per heavy atom. The van der Waals surface area contributed by atoms with Crippen LogP contribution in [0.5, 0.6) is 0 Å². The lowest BCUT2D eigenvalue weighted by Gasteiger charge is -2.35. The highest BCUT2D eigenvalue weighted by Gasteiger charge is 2.41. The minimum absolute atomic E-state index is 0.0386. The summed E-state index contributed by atoms with van der Waals surface area (Å²) in [6.45, 7) is 1.82. The summed E-state index contributed by atoms with van der Waals surface area (Å²) in [4.78, 5) is 0. The summed E-state index contributed by atoms with van der Waals surface area (Å²) in [5.74, 6) is 0.192. The summed E-state index contributed by atoms with van der Waals surface area (Å²) in [6, 6.07) is 0. The molecule has 2 N–H and O–H groups in total. The van der Waals surface area contributed by atoms with Gasteiger partial charge in [0.15, 0.2) is 0 Å². The van der Waals surface area contributed by atoms with Crippen LogP contribution in [0, 0.1) is 5.92 Å². The van der Waals surface area contributed by atoms with Gasteiger partial charge in [-0.05, 0) is 38.1 Å². The maximum Gasteiger partial charge on any atom is 0.411 e. The first kappa shape index (κ1) is 16.7. The highest BCUT2D eigenvalue weighted by Crippen LogP contribution is 2.37. The highest BCUT2D eigenvalue weighted by molar-refractivity contribution is 4.98. The van der Waals surface area contributed by atoms with Crippen molar-refractivity contribution in [1.82, 2.24) is 5.32 Å². The molecule has 0 aromatic rings. The van der Waals surface area contributed by atoms with Gasteiger partial charge in [-0.3, -0.25) is 0 Å². The number of alkyl halides is 3. The molecule has 19 heavy (non-hydrogen) atoms. The summed E-state index contributed by atoms with van der Waals surface area (Å²) < 4.78 is 40.6. The van der Waals surface area contributed by atoms with Crippen LogP contribution in [0.15, 0.2) is 0 Å². The van der Waals surface area contributed by atoms with Crippen molar-refractivity contribution >= 4 is 0 Å². The minimum atomic E-state index is -4.26. The lowest BCUT2D eigenvalue weighted by Crippen LogP contribution is -2.52. The molecule has 1 fully saturated rings. The first-order chi connectivity index (χ1) is 8.93. The largest absolute Gasteiger partial charge is 0.411 e. The number of nitrogens with one attached hydrogen (secondary N) is 1. The molecule has 0 radical (unpaired) electrons. The first-order valence-electron chi connectivity index (χ1n) is 6.94. The standard InChI is InChI=1S/C13H24F3NO2/c1-2-7-17-12(9-18)6-3-4-11(12)5-8-19-10-13(14,15)16/h11,17-18H,2-10H2,1H3. The highest BCUT2D eigenvalue weighted by atomic mass is 19.4. The maximum absolute atomic E-state index is 12.0. The van der Waals surface area contributed by atoms with E-state index >= 15 is 0 Å². The van der Waals surface area contributed by atoms with Crippen molar-refractivity contribution in [1.29, 1.82) is 0 Å². The second-order valence-corrected chi connectivity index (χ2v) is 5.29. The zero-order chi connectivity index (χ0) is 14.4. The molecule has 1 saturated carbocycles. The molecule has 114 valence electrons. The topological polar surface area (TPSA) is 41.5 Å². The molecule has 0 amide bonds. The minimum Gasteiger partial charge on any atom is -0.394 e. The summed E-state index contributed by atoms with van der Waals surface area (Å²) in [5.41, 5.74) is -0.322. The van der Waals surface area contributed by atoms with E-state index in [-0.39, 0.29) is 24.7 Å². The quantitative estimate of drug-likeness (QED) is 0.672. The molecule has 0 aliphatic heterocycles. The second kappa shape index (κ2) is 7.45. The van der Waals surface area contributed by atoms with Crippen LogP contribution in [0.2, 0.25) is 0 Å². The molecule has 1 rings (SSSR count). The van der Waals surface area contributed by atoms with E-state index in [1.165, 1.54) is 0 Å². The maximum atomic E-state index is 12.0. The molecule has 1 aliphatic carbocycles. The number of ether oxygens (including phenoxy) is 1. The predicted molar refractivity (Wildman–Crippen MR) is 66.9 cm³/mol. The van der Waals surface area contributed by atoms with Crippen LogP contribution >= 0.6 is 0 Å². The molecule has 1 aliphatic rings. The van der Waals surface area contributed by atoms with Crippen LogP contribution in [-0.2, 0) is 4.74 Å². The Bertz CT molecular complexity index is 261. The third-order valence-corrected chi connectivity index (χ3v) is 3.84. The fourth-order valence-corrected chi connectivity index (χ4v) is 2.85. The fourth-order valence-electron chi connectivity index (χ4n) is 2.85. The van der Waals surface area contributed by atoms with Gasteiger partial charge >= 0.3 is 6.18 Å². The number of halogens is 3. The van der Waals surface area contributed by atoms with Gasteiger partial charge < -0.3 is 15.2 Å². The van der Waals surface area contributed by atoms with E-state index < -0.39 is 12.8 Å². The van der Waals surface area contributed by atoms with Crippen molar-refractivity contribution in [2.45, 2.75) is 50.7 Å². The van der Waals surface area contributed by atoms with Gasteiger partial charge in [0.05, 0.1) is 6.61 Å². The van der Waals surface area contributed by atoms with Crippen molar-refractivity contribution in [3.05, 3.63) is 0 Å². The molecule has 0 aromatic carbocycles. The van der Waals surface area contributed by atoms with Crippen molar-refractivity contribution in [3.8, 4) is 0 Å². The molecule has 6 heteroatoms. The number of rotatable bonds is 8. The predicted octanol–water partition coefficient (Wildman–Crippen LogP) is 2.49. The second-order valence-electron chi connectivity index (χ2n) is 5.29. The van der Waals surface area contributed by atoms with Crippen molar-refractivity contribution in [2.24, 2.45) is 5.92 Å². The summed E-state index contributed by atoms with van der Waals surface area (Å²) >= 11 is 0. The third kappa shape index (κ3) is 5.28. The summed E-state index contributed by atoms with van der Waals surface area (Å²) in [5, 5.41) is 13.0. The van der Waals surface area contributed by atoms with Gasteiger partial charge in [-0.25, -0.2) is 0 Å². The molecule has 0 bridgehead atoms. The molecule has 0 heterocycles. The van der Waals surface area contributed by atoms with Crippen LogP contribution in [0.3, 0.4) is 0 Å². The Morgan fingerprint density at radius 1 is 1.42 bits per heavy atom. The molecular formula is C13H24F3NO2. The normalized spacial score (nSPS) is 27.9.